The topological polar surface area (TPSA) is 75.9 Å². The zero-order valence-corrected chi connectivity index (χ0v) is 15.8. The van der Waals surface area contributed by atoms with E-state index in [1.807, 2.05) is 45.9 Å². The number of anilines is 1. The molecule has 8 heteroatoms. The molecule has 8 nitrogen and oxygen atoms in total. The number of carbonyl (C=O) groups is 1. The second-order valence-corrected chi connectivity index (χ2v) is 7.30. The maximum absolute atomic E-state index is 12.9. The van der Waals surface area contributed by atoms with Gasteiger partial charge in [-0.15, -0.1) is 10.2 Å². The molecule has 1 amide bonds. The lowest BCUT2D eigenvalue weighted by molar-refractivity contribution is 0.0743. The summed E-state index contributed by atoms with van der Waals surface area (Å²) in [7, 11) is 1.59. The summed E-state index contributed by atoms with van der Waals surface area (Å²) >= 11 is 0. The van der Waals surface area contributed by atoms with Crippen molar-refractivity contribution in [3.05, 3.63) is 47.9 Å². The number of fused-ring (bicyclic) bond motifs is 1. The number of ether oxygens (including phenoxy) is 1. The third-order valence-electron chi connectivity index (χ3n) is 5.48. The number of para-hydroxylation sites is 1. The van der Waals surface area contributed by atoms with Gasteiger partial charge < -0.3 is 14.5 Å². The van der Waals surface area contributed by atoms with Gasteiger partial charge in [0.1, 0.15) is 5.75 Å². The van der Waals surface area contributed by atoms with Crippen LogP contribution in [-0.4, -0.2) is 63.9 Å². The van der Waals surface area contributed by atoms with Crippen molar-refractivity contribution in [2.45, 2.75) is 18.8 Å². The fourth-order valence-electron chi connectivity index (χ4n) is 3.73. The minimum atomic E-state index is 0.0113. The molecule has 1 aromatic carbocycles. The molecular formula is C20H22N6O2. The van der Waals surface area contributed by atoms with Gasteiger partial charge in [0.05, 0.1) is 24.6 Å². The number of aromatic nitrogens is 4. The third kappa shape index (κ3) is 2.94. The summed E-state index contributed by atoms with van der Waals surface area (Å²) in [6.45, 7) is 2.81. The van der Waals surface area contributed by atoms with Crippen LogP contribution in [0.25, 0.3) is 5.65 Å². The van der Waals surface area contributed by atoms with Crippen LogP contribution in [0.2, 0.25) is 0 Å². The second-order valence-electron chi connectivity index (χ2n) is 7.30. The van der Waals surface area contributed by atoms with Crippen molar-refractivity contribution in [1.82, 2.24) is 24.7 Å². The van der Waals surface area contributed by atoms with Gasteiger partial charge in [-0.2, -0.15) is 9.61 Å². The Hall–Kier alpha value is -3.16. The molecule has 0 atom stereocenters. The molecule has 0 radical (unpaired) electrons. The average Bonchev–Trinajstić information content (AvgIpc) is 3.52. The Morgan fingerprint density at radius 1 is 1.11 bits per heavy atom. The van der Waals surface area contributed by atoms with Crippen LogP contribution in [0.3, 0.4) is 0 Å². The number of hydrogen-bond donors (Lipinski definition) is 0. The van der Waals surface area contributed by atoms with Crippen molar-refractivity contribution >= 4 is 17.2 Å². The van der Waals surface area contributed by atoms with Crippen LogP contribution in [0.15, 0.2) is 36.5 Å². The van der Waals surface area contributed by atoms with Crippen molar-refractivity contribution in [3.8, 4) is 5.75 Å². The number of nitrogens with zero attached hydrogens (tertiary/aromatic N) is 6. The highest BCUT2D eigenvalue weighted by Gasteiger charge is 2.30. The van der Waals surface area contributed by atoms with E-state index in [0.717, 1.165) is 30.2 Å². The summed E-state index contributed by atoms with van der Waals surface area (Å²) in [6.07, 6.45) is 4.22. The number of hydrogen-bond acceptors (Lipinski definition) is 6. The molecule has 2 fully saturated rings. The van der Waals surface area contributed by atoms with E-state index in [2.05, 4.69) is 20.2 Å². The minimum Gasteiger partial charge on any atom is -0.496 e. The quantitative estimate of drug-likeness (QED) is 0.691. The Morgan fingerprint density at radius 2 is 1.89 bits per heavy atom. The summed E-state index contributed by atoms with van der Waals surface area (Å²) in [6, 6.07) is 9.40. The van der Waals surface area contributed by atoms with Gasteiger partial charge in [0, 0.05) is 38.2 Å². The number of rotatable bonds is 4. The van der Waals surface area contributed by atoms with Crippen molar-refractivity contribution in [3.63, 3.8) is 0 Å². The van der Waals surface area contributed by atoms with E-state index in [9.17, 15) is 4.79 Å². The molecule has 0 N–H and O–H groups in total. The largest absolute Gasteiger partial charge is 0.496 e. The van der Waals surface area contributed by atoms with Crippen LogP contribution < -0.4 is 9.64 Å². The third-order valence-corrected chi connectivity index (χ3v) is 5.48. The fraction of sp³-hybridized carbons (Fsp3) is 0.400. The highest BCUT2D eigenvalue weighted by Crippen LogP contribution is 2.38. The Bertz CT molecular complexity index is 1020. The molecule has 1 saturated carbocycles. The summed E-state index contributed by atoms with van der Waals surface area (Å²) < 4.78 is 7.18. The van der Waals surface area contributed by atoms with E-state index < -0.39 is 0 Å². The first kappa shape index (κ1) is 17.0. The van der Waals surface area contributed by atoms with Crippen molar-refractivity contribution in [2.24, 2.45) is 0 Å². The second kappa shape index (κ2) is 6.78. The van der Waals surface area contributed by atoms with Crippen LogP contribution in [0, 0.1) is 0 Å². The lowest BCUT2D eigenvalue weighted by Gasteiger charge is -2.36. The molecule has 0 unspecified atom stereocenters. The molecule has 1 saturated heterocycles. The van der Waals surface area contributed by atoms with E-state index in [1.54, 1.807) is 7.11 Å². The standard InChI is InChI=1S/C20H22N6O2/c1-28-17-5-3-2-4-16(17)20(27)25-10-8-24(9-11-25)15-12-18-22-23-19(14-6-7-14)26(18)21-13-15/h2-5,12-14H,6-11H2,1H3. The van der Waals surface area contributed by atoms with E-state index in [4.69, 9.17) is 4.74 Å². The van der Waals surface area contributed by atoms with E-state index in [0.29, 0.717) is 30.3 Å². The maximum Gasteiger partial charge on any atom is 0.257 e. The Balaban J connectivity index is 1.29. The van der Waals surface area contributed by atoms with Gasteiger partial charge in [-0.05, 0) is 25.0 Å². The molecule has 0 bridgehead atoms. The smallest absolute Gasteiger partial charge is 0.257 e. The predicted octanol–water partition coefficient (Wildman–Crippen LogP) is 1.97. The highest BCUT2D eigenvalue weighted by molar-refractivity contribution is 5.97. The zero-order chi connectivity index (χ0) is 19.1. The molecule has 3 heterocycles. The van der Waals surface area contributed by atoms with E-state index >= 15 is 0 Å². The Kier molecular flexibility index (Phi) is 4.11. The summed E-state index contributed by atoms with van der Waals surface area (Å²) in [5.74, 6) is 2.10. The lowest BCUT2D eigenvalue weighted by atomic mass is 10.1. The number of carbonyl (C=O) groups excluding carboxylic acids is 1. The first-order chi connectivity index (χ1) is 13.7. The molecule has 1 aliphatic heterocycles. The Morgan fingerprint density at radius 3 is 2.64 bits per heavy atom. The van der Waals surface area contributed by atoms with Crippen LogP contribution in [0.1, 0.15) is 34.9 Å². The normalized spacial score (nSPS) is 17.2. The predicted molar refractivity (Wildman–Crippen MR) is 104 cm³/mol. The van der Waals surface area contributed by atoms with Gasteiger partial charge in [0.2, 0.25) is 0 Å². The molecule has 0 spiro atoms. The van der Waals surface area contributed by atoms with Crippen LogP contribution in [-0.2, 0) is 0 Å². The van der Waals surface area contributed by atoms with Gasteiger partial charge in [-0.1, -0.05) is 12.1 Å². The van der Waals surface area contributed by atoms with Gasteiger partial charge >= 0.3 is 0 Å². The SMILES string of the molecule is COc1ccccc1C(=O)N1CCN(c2cnn3c(C4CC4)nnc3c2)CC1. The first-order valence-corrected chi connectivity index (χ1v) is 9.63. The maximum atomic E-state index is 12.9. The molecule has 28 heavy (non-hydrogen) atoms. The summed E-state index contributed by atoms with van der Waals surface area (Å²) in [4.78, 5) is 17.0. The molecule has 144 valence electrons. The van der Waals surface area contributed by atoms with E-state index in [-0.39, 0.29) is 5.91 Å². The first-order valence-electron chi connectivity index (χ1n) is 9.63. The fourth-order valence-corrected chi connectivity index (χ4v) is 3.73. The molecule has 2 aromatic heterocycles. The van der Waals surface area contributed by atoms with Gasteiger partial charge in [-0.25, -0.2) is 0 Å². The zero-order valence-electron chi connectivity index (χ0n) is 15.8. The van der Waals surface area contributed by atoms with Crippen LogP contribution in [0.5, 0.6) is 5.75 Å². The monoisotopic (exact) mass is 378 g/mol. The van der Waals surface area contributed by atoms with Crippen LogP contribution >= 0.6 is 0 Å². The molecule has 5 rings (SSSR count). The number of benzene rings is 1. The van der Waals surface area contributed by atoms with Crippen molar-refractivity contribution in [2.75, 3.05) is 38.2 Å². The summed E-state index contributed by atoms with van der Waals surface area (Å²) in [5.41, 5.74) is 2.41. The van der Waals surface area contributed by atoms with E-state index in [1.165, 1.54) is 12.8 Å². The number of methoxy groups -OCH3 is 1. The Labute approximate surface area is 162 Å². The molecular weight excluding hydrogens is 356 g/mol. The molecule has 3 aromatic rings. The van der Waals surface area contributed by atoms with Crippen LogP contribution in [0.4, 0.5) is 5.69 Å². The van der Waals surface area contributed by atoms with Gasteiger partial charge in [-0.3, -0.25) is 4.79 Å². The van der Waals surface area contributed by atoms with Crippen molar-refractivity contribution < 1.29 is 9.53 Å². The number of amides is 1. The summed E-state index contributed by atoms with van der Waals surface area (Å²) in [5, 5.41) is 13.1. The average molecular weight is 378 g/mol. The van der Waals surface area contributed by atoms with Gasteiger partial charge in [0.15, 0.2) is 11.5 Å². The van der Waals surface area contributed by atoms with Gasteiger partial charge in [0.25, 0.3) is 5.91 Å². The highest BCUT2D eigenvalue weighted by atomic mass is 16.5. The molecule has 2 aliphatic rings. The lowest BCUT2D eigenvalue weighted by Crippen LogP contribution is -2.48. The number of piperazine rings is 1. The minimum absolute atomic E-state index is 0.0113. The molecule has 1 aliphatic carbocycles. The van der Waals surface area contributed by atoms with Crippen molar-refractivity contribution in [1.29, 1.82) is 0 Å².